The summed E-state index contributed by atoms with van der Waals surface area (Å²) in [7, 11) is -1.77. The molecule has 0 heterocycles. The third kappa shape index (κ3) is 3.31. The van der Waals surface area contributed by atoms with E-state index in [9.17, 15) is 4.39 Å². The van der Waals surface area contributed by atoms with Gasteiger partial charge in [-0.3, -0.25) is 0 Å². The largest absolute Gasteiger partial charge is 0.413 e. The summed E-state index contributed by atoms with van der Waals surface area (Å²) < 4.78 is 18.8. The fourth-order valence-corrected chi connectivity index (χ4v) is 4.01. The molecular weight excluding hydrogens is 255 g/mol. The van der Waals surface area contributed by atoms with E-state index in [0.717, 1.165) is 17.7 Å². The Bertz CT molecular complexity index is 532. The van der Waals surface area contributed by atoms with Gasteiger partial charge >= 0.3 is 0 Å². The SMILES string of the molecule is CCO[Si](C)(C)c1ccc(-c2ccc(F)cc2)cc1. The summed E-state index contributed by atoms with van der Waals surface area (Å²) in [4.78, 5) is 0. The summed E-state index contributed by atoms with van der Waals surface area (Å²) in [5.41, 5.74) is 2.13. The van der Waals surface area contributed by atoms with Gasteiger partial charge in [0.2, 0.25) is 8.32 Å². The predicted octanol–water partition coefficient (Wildman–Crippen LogP) is 3.94. The first-order valence-electron chi connectivity index (χ1n) is 6.53. The van der Waals surface area contributed by atoms with Crippen molar-refractivity contribution in [1.29, 1.82) is 0 Å². The van der Waals surface area contributed by atoms with Crippen molar-refractivity contribution in [3.8, 4) is 11.1 Å². The highest BCUT2D eigenvalue weighted by Crippen LogP contribution is 2.19. The Kier molecular flexibility index (Phi) is 4.17. The summed E-state index contributed by atoms with van der Waals surface area (Å²) in [6.07, 6.45) is 0. The van der Waals surface area contributed by atoms with Crippen LogP contribution in [-0.4, -0.2) is 14.9 Å². The van der Waals surface area contributed by atoms with E-state index in [-0.39, 0.29) is 5.82 Å². The van der Waals surface area contributed by atoms with E-state index < -0.39 is 8.32 Å². The number of halogens is 1. The lowest BCUT2D eigenvalue weighted by atomic mass is 10.1. The molecule has 0 unspecified atom stereocenters. The summed E-state index contributed by atoms with van der Waals surface area (Å²) in [6.45, 7) is 7.17. The number of benzene rings is 2. The summed E-state index contributed by atoms with van der Waals surface area (Å²) in [5, 5.41) is 1.28. The molecule has 0 bridgehead atoms. The Hall–Kier alpha value is -1.45. The third-order valence-electron chi connectivity index (χ3n) is 3.26. The van der Waals surface area contributed by atoms with Crippen LogP contribution in [0, 0.1) is 5.82 Å². The summed E-state index contributed by atoms with van der Waals surface area (Å²) >= 11 is 0. The molecular formula is C16H19FOSi. The molecule has 0 N–H and O–H groups in total. The van der Waals surface area contributed by atoms with Gasteiger partial charge in [0.1, 0.15) is 5.82 Å². The molecule has 0 aliphatic heterocycles. The molecule has 3 heteroatoms. The van der Waals surface area contributed by atoms with Gasteiger partial charge in [0.05, 0.1) is 0 Å². The maximum absolute atomic E-state index is 12.9. The highest BCUT2D eigenvalue weighted by atomic mass is 28.4. The zero-order valence-corrected chi connectivity index (χ0v) is 12.6. The van der Waals surface area contributed by atoms with Gasteiger partial charge in [-0.1, -0.05) is 36.4 Å². The van der Waals surface area contributed by atoms with Gasteiger partial charge in [0.25, 0.3) is 0 Å². The fourth-order valence-electron chi connectivity index (χ4n) is 2.15. The zero-order chi connectivity index (χ0) is 13.9. The summed E-state index contributed by atoms with van der Waals surface area (Å²) in [5.74, 6) is -0.203. The average molecular weight is 274 g/mol. The molecule has 0 fully saturated rings. The smallest absolute Gasteiger partial charge is 0.218 e. The first kappa shape index (κ1) is 14.0. The minimum atomic E-state index is -1.77. The molecule has 2 aromatic rings. The van der Waals surface area contributed by atoms with E-state index in [2.05, 4.69) is 37.4 Å². The van der Waals surface area contributed by atoms with E-state index >= 15 is 0 Å². The molecule has 100 valence electrons. The van der Waals surface area contributed by atoms with Crippen LogP contribution in [0.2, 0.25) is 13.1 Å². The topological polar surface area (TPSA) is 9.23 Å². The number of hydrogen-bond acceptors (Lipinski definition) is 1. The molecule has 0 saturated heterocycles. The molecule has 0 atom stereocenters. The van der Waals surface area contributed by atoms with Crippen molar-refractivity contribution in [3.05, 3.63) is 54.3 Å². The van der Waals surface area contributed by atoms with Crippen LogP contribution in [0.15, 0.2) is 48.5 Å². The quantitative estimate of drug-likeness (QED) is 0.767. The van der Waals surface area contributed by atoms with Crippen LogP contribution in [0.4, 0.5) is 4.39 Å². The van der Waals surface area contributed by atoms with Crippen molar-refractivity contribution in [2.24, 2.45) is 0 Å². The average Bonchev–Trinajstić information content (AvgIpc) is 2.40. The molecule has 1 nitrogen and oxygen atoms in total. The minimum absolute atomic E-state index is 0.203. The second-order valence-electron chi connectivity index (χ2n) is 5.03. The predicted molar refractivity (Wildman–Crippen MR) is 80.6 cm³/mol. The van der Waals surface area contributed by atoms with E-state index in [1.54, 1.807) is 12.1 Å². The van der Waals surface area contributed by atoms with Gasteiger partial charge in [-0.2, -0.15) is 0 Å². The first-order chi connectivity index (χ1) is 9.03. The molecule has 0 aliphatic rings. The Morgan fingerprint density at radius 2 is 1.37 bits per heavy atom. The van der Waals surface area contributed by atoms with Crippen molar-refractivity contribution in [3.63, 3.8) is 0 Å². The maximum atomic E-state index is 12.9. The van der Waals surface area contributed by atoms with Gasteiger partial charge in [0.15, 0.2) is 0 Å². The lowest BCUT2D eigenvalue weighted by molar-refractivity contribution is 0.339. The van der Waals surface area contributed by atoms with Crippen LogP contribution in [0.3, 0.4) is 0 Å². The van der Waals surface area contributed by atoms with Crippen LogP contribution >= 0.6 is 0 Å². The zero-order valence-electron chi connectivity index (χ0n) is 11.6. The molecule has 2 rings (SSSR count). The molecule has 0 aliphatic carbocycles. The van der Waals surface area contributed by atoms with Crippen LogP contribution in [0.5, 0.6) is 0 Å². The first-order valence-corrected chi connectivity index (χ1v) is 9.44. The van der Waals surface area contributed by atoms with Crippen LogP contribution in [-0.2, 0) is 4.43 Å². The second-order valence-corrected chi connectivity index (χ2v) is 8.91. The summed E-state index contributed by atoms with van der Waals surface area (Å²) in [6, 6.07) is 15.0. The Morgan fingerprint density at radius 3 is 1.84 bits per heavy atom. The Morgan fingerprint density at radius 1 is 0.895 bits per heavy atom. The fraction of sp³-hybridized carbons (Fsp3) is 0.250. The molecule has 2 aromatic carbocycles. The van der Waals surface area contributed by atoms with Crippen molar-refractivity contribution in [2.45, 2.75) is 20.0 Å². The molecule has 0 radical (unpaired) electrons. The van der Waals surface area contributed by atoms with E-state index in [0.29, 0.717) is 0 Å². The van der Waals surface area contributed by atoms with Crippen LogP contribution < -0.4 is 5.19 Å². The van der Waals surface area contributed by atoms with Crippen molar-refractivity contribution in [2.75, 3.05) is 6.61 Å². The number of hydrogen-bond donors (Lipinski definition) is 0. The van der Waals surface area contributed by atoms with Gasteiger partial charge in [-0.05, 0) is 48.5 Å². The highest BCUT2D eigenvalue weighted by molar-refractivity contribution is 6.84. The Labute approximate surface area is 115 Å². The standard InChI is InChI=1S/C16H19FOSi/c1-4-18-19(2,3)16-11-7-14(8-12-16)13-5-9-15(17)10-6-13/h5-12H,4H2,1-3H3. The molecule has 0 spiro atoms. The van der Waals surface area contributed by atoms with Gasteiger partial charge < -0.3 is 4.43 Å². The highest BCUT2D eigenvalue weighted by Gasteiger charge is 2.24. The molecule has 19 heavy (non-hydrogen) atoms. The number of rotatable bonds is 4. The van der Waals surface area contributed by atoms with Gasteiger partial charge in [-0.15, -0.1) is 0 Å². The van der Waals surface area contributed by atoms with Crippen LogP contribution in [0.25, 0.3) is 11.1 Å². The van der Waals surface area contributed by atoms with Crippen LogP contribution in [0.1, 0.15) is 6.92 Å². The van der Waals surface area contributed by atoms with E-state index in [4.69, 9.17) is 4.43 Å². The lowest BCUT2D eigenvalue weighted by Crippen LogP contribution is -2.44. The van der Waals surface area contributed by atoms with Crippen molar-refractivity contribution < 1.29 is 8.82 Å². The molecule has 0 amide bonds. The molecule has 0 saturated carbocycles. The van der Waals surface area contributed by atoms with Gasteiger partial charge in [-0.25, -0.2) is 4.39 Å². The third-order valence-corrected chi connectivity index (χ3v) is 6.00. The lowest BCUT2D eigenvalue weighted by Gasteiger charge is -2.22. The van der Waals surface area contributed by atoms with Gasteiger partial charge in [0, 0.05) is 6.61 Å². The Balaban J connectivity index is 2.25. The second kappa shape index (κ2) is 5.68. The molecule has 0 aromatic heterocycles. The van der Waals surface area contributed by atoms with E-state index in [1.165, 1.54) is 17.3 Å². The van der Waals surface area contributed by atoms with Crippen molar-refractivity contribution in [1.82, 2.24) is 0 Å². The normalized spacial score (nSPS) is 11.6. The maximum Gasteiger partial charge on any atom is 0.218 e. The monoisotopic (exact) mass is 274 g/mol. The minimum Gasteiger partial charge on any atom is -0.413 e. The van der Waals surface area contributed by atoms with E-state index in [1.807, 2.05) is 6.92 Å². The van der Waals surface area contributed by atoms with Crippen molar-refractivity contribution >= 4 is 13.5 Å².